The van der Waals surface area contributed by atoms with Crippen LogP contribution in [0.4, 0.5) is 4.39 Å². The second-order valence-electron chi connectivity index (χ2n) is 4.68. The minimum Gasteiger partial charge on any atom is -0.483 e. The second-order valence-corrected chi connectivity index (χ2v) is 4.68. The fourth-order valence-electron chi connectivity index (χ4n) is 2.20. The van der Waals surface area contributed by atoms with Crippen molar-refractivity contribution in [3.63, 3.8) is 0 Å². The number of aliphatic hydroxyl groups is 1. The van der Waals surface area contributed by atoms with E-state index < -0.39 is 6.10 Å². The normalized spacial score (nSPS) is 19.1. The highest BCUT2D eigenvalue weighted by atomic mass is 19.1. The minimum absolute atomic E-state index is 0.283. The maximum absolute atomic E-state index is 13.1. The number of benzene rings is 1. The number of rotatable bonds is 5. The van der Waals surface area contributed by atoms with E-state index in [1.165, 1.54) is 12.1 Å². The van der Waals surface area contributed by atoms with Crippen LogP contribution >= 0.6 is 0 Å². The molecule has 1 aromatic carbocycles. The van der Waals surface area contributed by atoms with Crippen molar-refractivity contribution in [3.8, 4) is 5.75 Å². The second kappa shape index (κ2) is 6.17. The Morgan fingerprint density at radius 1 is 1.37 bits per heavy atom. The molecule has 0 fully saturated rings. The Kier molecular flexibility index (Phi) is 4.56. The third kappa shape index (κ3) is 3.33. The van der Waals surface area contributed by atoms with E-state index >= 15 is 0 Å². The summed E-state index contributed by atoms with van der Waals surface area (Å²) in [7, 11) is 0. The van der Waals surface area contributed by atoms with E-state index in [0.29, 0.717) is 17.9 Å². The third-order valence-electron chi connectivity index (χ3n) is 3.42. The summed E-state index contributed by atoms with van der Waals surface area (Å²) in [4.78, 5) is 2.14. The van der Waals surface area contributed by atoms with Gasteiger partial charge in [0.2, 0.25) is 0 Å². The minimum atomic E-state index is -0.589. The van der Waals surface area contributed by atoms with Crippen molar-refractivity contribution in [2.45, 2.75) is 26.1 Å². The molecule has 104 valence electrons. The molecular formula is C15H20FNO2. The predicted octanol–water partition coefficient (Wildman–Crippen LogP) is 2.30. The molecule has 0 radical (unpaired) electrons. The molecule has 1 aliphatic heterocycles. The van der Waals surface area contributed by atoms with Crippen LogP contribution in [0.15, 0.2) is 24.3 Å². The lowest BCUT2D eigenvalue weighted by molar-refractivity contribution is 0.0357. The van der Waals surface area contributed by atoms with E-state index in [2.05, 4.69) is 18.7 Å². The monoisotopic (exact) mass is 265 g/mol. The van der Waals surface area contributed by atoms with Gasteiger partial charge in [-0.1, -0.05) is 19.9 Å². The fourth-order valence-corrected chi connectivity index (χ4v) is 2.20. The van der Waals surface area contributed by atoms with Crippen LogP contribution in [-0.2, 0) is 0 Å². The van der Waals surface area contributed by atoms with Crippen LogP contribution in [-0.4, -0.2) is 41.8 Å². The van der Waals surface area contributed by atoms with E-state index in [4.69, 9.17) is 4.74 Å². The molecule has 0 bridgehead atoms. The molecule has 1 N–H and O–H groups in total. The molecule has 0 spiro atoms. The van der Waals surface area contributed by atoms with Gasteiger partial charge in [0.1, 0.15) is 23.8 Å². The van der Waals surface area contributed by atoms with Crippen molar-refractivity contribution in [2.24, 2.45) is 0 Å². The van der Waals surface area contributed by atoms with Gasteiger partial charge in [-0.2, -0.15) is 0 Å². The molecule has 1 aromatic rings. The maximum Gasteiger partial charge on any atom is 0.144 e. The Morgan fingerprint density at radius 3 is 2.79 bits per heavy atom. The number of halogens is 1. The quantitative estimate of drug-likeness (QED) is 0.886. The average Bonchev–Trinajstić information content (AvgIpc) is 2.43. The average molecular weight is 265 g/mol. The van der Waals surface area contributed by atoms with Crippen LogP contribution in [0.3, 0.4) is 0 Å². The van der Waals surface area contributed by atoms with Crippen LogP contribution < -0.4 is 4.74 Å². The Balaban J connectivity index is 2.04. The highest BCUT2D eigenvalue weighted by Crippen LogP contribution is 2.27. The van der Waals surface area contributed by atoms with E-state index in [9.17, 15) is 9.50 Å². The number of nitrogens with zero attached hydrogens (tertiary/aromatic N) is 1. The van der Waals surface area contributed by atoms with Gasteiger partial charge < -0.3 is 14.7 Å². The molecule has 2 atom stereocenters. The molecule has 1 aliphatic rings. The first-order valence-corrected chi connectivity index (χ1v) is 6.68. The number of likely N-dealkylation sites (N-methyl/N-ethyl adjacent to an activating group) is 1. The van der Waals surface area contributed by atoms with Gasteiger partial charge in [-0.25, -0.2) is 4.39 Å². The molecule has 1 heterocycles. The summed E-state index contributed by atoms with van der Waals surface area (Å²) >= 11 is 0. The van der Waals surface area contributed by atoms with Gasteiger partial charge >= 0.3 is 0 Å². The summed E-state index contributed by atoms with van der Waals surface area (Å²) in [6, 6.07) is 4.40. The standard InChI is InChI=1S/C15H20FNO2/c1-3-17(4-2)10-13(18)15-7-5-11-9-12(16)6-8-14(11)19-15/h5-9,13,15,18H,3-4,10H2,1-2H3. The molecular weight excluding hydrogens is 245 g/mol. The summed E-state index contributed by atoms with van der Waals surface area (Å²) in [5.74, 6) is 0.335. The lowest BCUT2D eigenvalue weighted by Crippen LogP contribution is -2.41. The van der Waals surface area contributed by atoms with Gasteiger partial charge in [-0.3, -0.25) is 0 Å². The van der Waals surface area contributed by atoms with E-state index in [0.717, 1.165) is 13.1 Å². The third-order valence-corrected chi connectivity index (χ3v) is 3.42. The summed E-state index contributed by atoms with van der Waals surface area (Å²) in [5, 5.41) is 10.2. The number of fused-ring (bicyclic) bond motifs is 1. The van der Waals surface area contributed by atoms with Gasteiger partial charge in [0.15, 0.2) is 0 Å². The molecule has 0 aromatic heterocycles. The van der Waals surface area contributed by atoms with Crippen molar-refractivity contribution in [3.05, 3.63) is 35.7 Å². The zero-order valence-corrected chi connectivity index (χ0v) is 11.3. The number of hydrogen-bond acceptors (Lipinski definition) is 3. The Bertz CT molecular complexity index is 457. The van der Waals surface area contributed by atoms with Crippen molar-refractivity contribution >= 4 is 6.08 Å². The highest BCUT2D eigenvalue weighted by Gasteiger charge is 2.23. The molecule has 0 aliphatic carbocycles. The molecule has 2 unspecified atom stereocenters. The topological polar surface area (TPSA) is 32.7 Å². The summed E-state index contributed by atoms with van der Waals surface area (Å²) in [6.45, 7) is 6.48. The number of aliphatic hydroxyl groups excluding tert-OH is 1. The van der Waals surface area contributed by atoms with Gasteiger partial charge in [0.25, 0.3) is 0 Å². The van der Waals surface area contributed by atoms with Gasteiger partial charge in [0.05, 0.1) is 0 Å². The lowest BCUT2D eigenvalue weighted by atomic mass is 10.1. The molecule has 0 amide bonds. The van der Waals surface area contributed by atoms with Crippen molar-refractivity contribution in [1.29, 1.82) is 0 Å². The molecule has 4 heteroatoms. The molecule has 3 nitrogen and oxygen atoms in total. The van der Waals surface area contributed by atoms with E-state index in [1.807, 2.05) is 0 Å². The lowest BCUT2D eigenvalue weighted by Gasteiger charge is -2.29. The van der Waals surface area contributed by atoms with Crippen LogP contribution in [0.2, 0.25) is 0 Å². The summed E-state index contributed by atoms with van der Waals surface area (Å²) in [6.07, 6.45) is 2.63. The Hall–Kier alpha value is -1.39. The molecule has 2 rings (SSSR count). The van der Waals surface area contributed by atoms with Crippen LogP contribution in [0.25, 0.3) is 6.08 Å². The van der Waals surface area contributed by atoms with Crippen molar-refractivity contribution < 1.29 is 14.2 Å². The fraction of sp³-hybridized carbons (Fsp3) is 0.467. The summed E-state index contributed by atoms with van der Waals surface area (Å²) < 4.78 is 18.8. The first kappa shape index (κ1) is 14.0. The summed E-state index contributed by atoms with van der Waals surface area (Å²) in [5.41, 5.74) is 0.714. The zero-order valence-electron chi connectivity index (χ0n) is 11.3. The maximum atomic E-state index is 13.1. The first-order chi connectivity index (χ1) is 9.13. The zero-order chi connectivity index (χ0) is 13.8. The smallest absolute Gasteiger partial charge is 0.144 e. The van der Waals surface area contributed by atoms with E-state index in [1.54, 1.807) is 18.2 Å². The van der Waals surface area contributed by atoms with Gasteiger partial charge in [-0.15, -0.1) is 0 Å². The number of ether oxygens (including phenoxy) is 1. The van der Waals surface area contributed by atoms with Crippen LogP contribution in [0, 0.1) is 5.82 Å². The van der Waals surface area contributed by atoms with Crippen molar-refractivity contribution in [1.82, 2.24) is 4.90 Å². The van der Waals surface area contributed by atoms with Crippen LogP contribution in [0.5, 0.6) is 5.75 Å². The largest absolute Gasteiger partial charge is 0.483 e. The van der Waals surface area contributed by atoms with E-state index in [-0.39, 0.29) is 11.9 Å². The number of hydrogen-bond donors (Lipinski definition) is 1. The predicted molar refractivity (Wildman–Crippen MR) is 73.6 cm³/mol. The van der Waals surface area contributed by atoms with Crippen LogP contribution in [0.1, 0.15) is 19.4 Å². The van der Waals surface area contributed by atoms with Gasteiger partial charge in [0, 0.05) is 12.1 Å². The first-order valence-electron chi connectivity index (χ1n) is 6.68. The Labute approximate surface area is 113 Å². The molecule has 19 heavy (non-hydrogen) atoms. The SMILES string of the molecule is CCN(CC)CC(O)C1C=Cc2cc(F)ccc2O1. The Morgan fingerprint density at radius 2 is 2.11 bits per heavy atom. The van der Waals surface area contributed by atoms with Crippen molar-refractivity contribution in [2.75, 3.05) is 19.6 Å². The van der Waals surface area contributed by atoms with Gasteiger partial charge in [-0.05, 0) is 37.4 Å². The highest BCUT2D eigenvalue weighted by molar-refractivity contribution is 5.60. The molecule has 0 saturated carbocycles. The molecule has 0 saturated heterocycles.